The molecule has 4 aromatic carbocycles. The van der Waals surface area contributed by atoms with Crippen molar-refractivity contribution < 1.29 is 13.5 Å². The van der Waals surface area contributed by atoms with E-state index in [4.69, 9.17) is 4.74 Å². The second-order valence-electron chi connectivity index (χ2n) is 7.80. The summed E-state index contributed by atoms with van der Waals surface area (Å²) in [5.74, 6) is 4.60. The minimum Gasteiger partial charge on any atom is -0.384 e. The van der Waals surface area contributed by atoms with Crippen LogP contribution in [-0.4, -0.2) is 13.7 Å². The van der Waals surface area contributed by atoms with Gasteiger partial charge in [0.25, 0.3) is 0 Å². The summed E-state index contributed by atoms with van der Waals surface area (Å²) in [6.07, 6.45) is 2.90. The molecular formula is C29H24F2O. The van der Waals surface area contributed by atoms with Crippen molar-refractivity contribution in [3.05, 3.63) is 118 Å². The van der Waals surface area contributed by atoms with E-state index in [2.05, 4.69) is 48.2 Å². The number of benzene rings is 4. The number of rotatable bonds is 6. The molecule has 0 fully saturated rings. The third-order valence-corrected chi connectivity index (χ3v) is 5.53. The second-order valence-corrected chi connectivity index (χ2v) is 7.80. The van der Waals surface area contributed by atoms with Crippen LogP contribution in [0.1, 0.15) is 27.8 Å². The van der Waals surface area contributed by atoms with E-state index in [-0.39, 0.29) is 5.39 Å². The standard InChI is InChI=1S/C29H24F2O/c1-32-19-18-24-10-8-22(9-11-24)3-2-21-4-6-23(7-5-21)12-13-25-14-16-27-26(20-25)15-17-28(30)29(27)31/h4-11,14-17,20H,2-3,18-19H2,1H3. The third kappa shape index (κ3) is 5.41. The first-order valence-electron chi connectivity index (χ1n) is 10.7. The summed E-state index contributed by atoms with van der Waals surface area (Å²) in [5, 5.41) is 0.905. The lowest BCUT2D eigenvalue weighted by Gasteiger charge is -2.05. The van der Waals surface area contributed by atoms with E-state index in [0.717, 1.165) is 43.1 Å². The lowest BCUT2D eigenvalue weighted by Crippen LogP contribution is -1.96. The van der Waals surface area contributed by atoms with Gasteiger partial charge in [-0.2, -0.15) is 0 Å². The van der Waals surface area contributed by atoms with Crippen LogP contribution in [0, 0.1) is 23.5 Å². The Hall–Kier alpha value is -3.48. The Bertz CT molecular complexity index is 1260. The summed E-state index contributed by atoms with van der Waals surface area (Å²) >= 11 is 0. The molecule has 3 heteroatoms. The van der Waals surface area contributed by atoms with Crippen molar-refractivity contribution in [3.8, 4) is 11.8 Å². The van der Waals surface area contributed by atoms with Crippen LogP contribution < -0.4 is 0 Å². The molecule has 0 bridgehead atoms. The van der Waals surface area contributed by atoms with Gasteiger partial charge in [0, 0.05) is 23.6 Å². The fraction of sp³-hybridized carbons (Fsp3) is 0.172. The first-order chi connectivity index (χ1) is 15.6. The molecule has 160 valence electrons. The molecule has 32 heavy (non-hydrogen) atoms. The third-order valence-electron chi connectivity index (χ3n) is 5.53. The predicted octanol–water partition coefficient (Wildman–Crippen LogP) is 6.49. The number of fused-ring (bicyclic) bond motifs is 1. The van der Waals surface area contributed by atoms with Gasteiger partial charge in [-0.1, -0.05) is 60.4 Å². The fourth-order valence-corrected chi connectivity index (χ4v) is 3.62. The van der Waals surface area contributed by atoms with E-state index in [9.17, 15) is 8.78 Å². The zero-order chi connectivity index (χ0) is 22.3. The van der Waals surface area contributed by atoms with E-state index in [0.29, 0.717) is 5.39 Å². The highest BCUT2D eigenvalue weighted by Crippen LogP contribution is 2.21. The normalized spacial score (nSPS) is 10.7. The molecule has 0 heterocycles. The molecule has 0 amide bonds. The van der Waals surface area contributed by atoms with Crippen molar-refractivity contribution in [1.82, 2.24) is 0 Å². The van der Waals surface area contributed by atoms with Crippen molar-refractivity contribution in [2.75, 3.05) is 13.7 Å². The predicted molar refractivity (Wildman–Crippen MR) is 126 cm³/mol. The SMILES string of the molecule is COCCc1ccc(CCc2ccc(C#Cc3ccc4c(F)c(F)ccc4c3)cc2)cc1. The molecule has 0 saturated heterocycles. The number of hydrogen-bond donors (Lipinski definition) is 0. The van der Waals surface area contributed by atoms with Gasteiger partial charge in [-0.15, -0.1) is 0 Å². The minimum absolute atomic E-state index is 0.268. The molecular weight excluding hydrogens is 402 g/mol. The summed E-state index contributed by atoms with van der Waals surface area (Å²) in [6, 6.07) is 24.8. The Morgan fingerprint density at radius 2 is 1.22 bits per heavy atom. The molecule has 0 spiro atoms. The Morgan fingerprint density at radius 3 is 1.88 bits per heavy atom. The molecule has 4 aromatic rings. The van der Waals surface area contributed by atoms with Crippen LogP contribution in [0.4, 0.5) is 8.78 Å². The van der Waals surface area contributed by atoms with E-state index < -0.39 is 11.6 Å². The van der Waals surface area contributed by atoms with E-state index >= 15 is 0 Å². The second kappa shape index (κ2) is 10.2. The van der Waals surface area contributed by atoms with Gasteiger partial charge >= 0.3 is 0 Å². The summed E-state index contributed by atoms with van der Waals surface area (Å²) in [4.78, 5) is 0. The van der Waals surface area contributed by atoms with Crippen LogP contribution in [0.15, 0.2) is 78.9 Å². The largest absolute Gasteiger partial charge is 0.384 e. The van der Waals surface area contributed by atoms with Gasteiger partial charge in [-0.25, -0.2) is 8.78 Å². The van der Waals surface area contributed by atoms with Crippen LogP contribution in [0.25, 0.3) is 10.8 Å². The Morgan fingerprint density at radius 1 is 0.656 bits per heavy atom. The zero-order valence-corrected chi connectivity index (χ0v) is 18.0. The Balaban J connectivity index is 1.38. The molecule has 4 rings (SSSR count). The summed E-state index contributed by atoms with van der Waals surface area (Å²) in [7, 11) is 1.72. The van der Waals surface area contributed by atoms with Crippen LogP contribution in [0.2, 0.25) is 0 Å². The van der Waals surface area contributed by atoms with Gasteiger partial charge in [-0.05, 0) is 71.7 Å². The van der Waals surface area contributed by atoms with Gasteiger partial charge in [0.1, 0.15) is 0 Å². The van der Waals surface area contributed by atoms with Crippen LogP contribution in [0.5, 0.6) is 0 Å². The maximum atomic E-state index is 13.8. The summed E-state index contributed by atoms with van der Waals surface area (Å²) in [5.41, 5.74) is 5.57. The fourth-order valence-electron chi connectivity index (χ4n) is 3.62. The zero-order valence-electron chi connectivity index (χ0n) is 18.0. The Kier molecular flexibility index (Phi) is 6.94. The maximum absolute atomic E-state index is 13.8. The van der Waals surface area contributed by atoms with Gasteiger partial charge in [0.15, 0.2) is 11.6 Å². The number of hydrogen-bond acceptors (Lipinski definition) is 1. The molecule has 0 aliphatic heterocycles. The lowest BCUT2D eigenvalue weighted by molar-refractivity contribution is 0.202. The lowest BCUT2D eigenvalue weighted by atomic mass is 10.0. The van der Waals surface area contributed by atoms with Crippen molar-refractivity contribution in [2.45, 2.75) is 19.3 Å². The quantitative estimate of drug-likeness (QED) is 0.320. The molecule has 0 atom stereocenters. The molecule has 0 unspecified atom stereocenters. The average molecular weight is 427 g/mol. The first kappa shape index (κ1) is 21.7. The molecule has 0 N–H and O–H groups in total. The number of halogens is 2. The van der Waals surface area contributed by atoms with Crippen LogP contribution in [-0.2, 0) is 24.0 Å². The van der Waals surface area contributed by atoms with Crippen LogP contribution >= 0.6 is 0 Å². The molecule has 0 aliphatic carbocycles. The van der Waals surface area contributed by atoms with Gasteiger partial charge in [-0.3, -0.25) is 0 Å². The van der Waals surface area contributed by atoms with Gasteiger partial charge in [0.05, 0.1) is 6.61 Å². The van der Waals surface area contributed by atoms with Gasteiger partial charge in [0.2, 0.25) is 0 Å². The summed E-state index contributed by atoms with van der Waals surface area (Å²) in [6.45, 7) is 0.744. The molecule has 0 aromatic heterocycles. The highest BCUT2D eigenvalue weighted by molar-refractivity contribution is 5.84. The molecule has 0 radical (unpaired) electrons. The number of aryl methyl sites for hydroxylation is 2. The van der Waals surface area contributed by atoms with E-state index in [1.165, 1.54) is 16.7 Å². The van der Waals surface area contributed by atoms with Crippen molar-refractivity contribution >= 4 is 10.8 Å². The van der Waals surface area contributed by atoms with Gasteiger partial charge < -0.3 is 4.74 Å². The van der Waals surface area contributed by atoms with E-state index in [1.54, 1.807) is 31.4 Å². The maximum Gasteiger partial charge on any atom is 0.166 e. The van der Waals surface area contributed by atoms with Crippen molar-refractivity contribution in [3.63, 3.8) is 0 Å². The smallest absolute Gasteiger partial charge is 0.166 e. The first-order valence-corrected chi connectivity index (χ1v) is 10.7. The molecule has 0 saturated carbocycles. The Labute approximate surface area is 187 Å². The number of methoxy groups -OCH3 is 1. The highest BCUT2D eigenvalue weighted by Gasteiger charge is 2.06. The average Bonchev–Trinajstić information content (AvgIpc) is 2.84. The topological polar surface area (TPSA) is 9.23 Å². The summed E-state index contributed by atoms with van der Waals surface area (Å²) < 4.78 is 32.3. The highest BCUT2D eigenvalue weighted by atomic mass is 19.2. The monoisotopic (exact) mass is 426 g/mol. The van der Waals surface area contributed by atoms with E-state index in [1.807, 2.05) is 12.1 Å². The van der Waals surface area contributed by atoms with Crippen molar-refractivity contribution in [2.24, 2.45) is 0 Å². The molecule has 0 aliphatic rings. The number of ether oxygens (including phenoxy) is 1. The molecule has 1 nitrogen and oxygen atoms in total. The van der Waals surface area contributed by atoms with Crippen molar-refractivity contribution in [1.29, 1.82) is 0 Å². The minimum atomic E-state index is -0.837. The van der Waals surface area contributed by atoms with Crippen LogP contribution in [0.3, 0.4) is 0 Å².